The minimum atomic E-state index is -0.471. The third-order valence-electron chi connectivity index (χ3n) is 6.90. The predicted octanol–water partition coefficient (Wildman–Crippen LogP) is 9.54. The van der Waals surface area contributed by atoms with Crippen LogP contribution in [0.25, 0.3) is 11.6 Å². The lowest BCUT2D eigenvalue weighted by molar-refractivity contribution is -0.134. The van der Waals surface area contributed by atoms with Crippen LogP contribution in [0.5, 0.6) is 11.5 Å². The molecule has 0 aliphatic rings. The Morgan fingerprint density at radius 2 is 1.07 bits per heavy atom. The summed E-state index contributed by atoms with van der Waals surface area (Å²) in [6.45, 7) is 7.02. The Morgan fingerprint density at radius 3 is 1.50 bits per heavy atom. The van der Waals surface area contributed by atoms with Crippen molar-refractivity contribution in [2.75, 3.05) is 4.90 Å². The molecule has 5 aromatic carbocycles. The van der Waals surface area contributed by atoms with Crippen LogP contribution in [0.2, 0.25) is 0 Å². The molecule has 0 spiro atoms. The van der Waals surface area contributed by atoms with Crippen LogP contribution in [0.3, 0.4) is 0 Å². The monoisotopic (exact) mass is 579 g/mol. The van der Waals surface area contributed by atoms with Crippen molar-refractivity contribution in [1.29, 1.82) is 0 Å². The third kappa shape index (κ3) is 7.39. The molecule has 0 saturated heterocycles. The topological polar surface area (TPSA) is 55.8 Å². The van der Waals surface area contributed by atoms with Gasteiger partial charge in [0.05, 0.1) is 0 Å². The summed E-state index contributed by atoms with van der Waals surface area (Å²) in [5.74, 6) is 0.153. The maximum absolute atomic E-state index is 12.0. The minimum Gasteiger partial charge on any atom is -0.427 e. The van der Waals surface area contributed by atoms with Gasteiger partial charge in [-0.25, -0.2) is 4.79 Å². The van der Waals surface area contributed by atoms with Crippen LogP contribution in [0.4, 0.5) is 17.1 Å². The lowest BCUT2D eigenvalue weighted by atomic mass is 9.95. The molecule has 0 fully saturated rings. The molecule has 0 bridgehead atoms. The van der Waals surface area contributed by atoms with Crippen molar-refractivity contribution in [3.8, 4) is 11.5 Å². The van der Waals surface area contributed by atoms with Crippen molar-refractivity contribution in [2.45, 2.75) is 20.3 Å². The second-order valence-corrected chi connectivity index (χ2v) is 10.2. The summed E-state index contributed by atoms with van der Waals surface area (Å²) in [7, 11) is 0. The zero-order chi connectivity index (χ0) is 30.9. The third-order valence-corrected chi connectivity index (χ3v) is 6.90. The van der Waals surface area contributed by atoms with Crippen molar-refractivity contribution in [2.24, 2.45) is 0 Å². The Balaban J connectivity index is 1.51. The molecule has 0 aliphatic heterocycles. The summed E-state index contributed by atoms with van der Waals surface area (Å²) in [6, 6.07) is 43.7. The van der Waals surface area contributed by atoms with Crippen LogP contribution in [0, 0.1) is 0 Å². The first-order chi connectivity index (χ1) is 21.4. The van der Waals surface area contributed by atoms with Crippen molar-refractivity contribution in [1.82, 2.24) is 0 Å². The highest BCUT2D eigenvalue weighted by atomic mass is 16.5. The van der Waals surface area contributed by atoms with Crippen molar-refractivity contribution in [3.05, 3.63) is 162 Å². The summed E-state index contributed by atoms with van der Waals surface area (Å²) in [5.41, 5.74) is 7.45. The Kier molecular flexibility index (Phi) is 9.48. The number of hydrogen-bond donors (Lipinski definition) is 0. The Hall–Kier alpha value is -5.68. The molecule has 0 aromatic heterocycles. The number of anilines is 3. The van der Waals surface area contributed by atoms with E-state index in [1.807, 2.05) is 60.7 Å². The van der Waals surface area contributed by atoms with Gasteiger partial charge in [-0.1, -0.05) is 86.3 Å². The molecule has 0 aliphatic carbocycles. The van der Waals surface area contributed by atoms with Gasteiger partial charge in [-0.3, -0.25) is 4.79 Å². The van der Waals surface area contributed by atoms with Gasteiger partial charge in [0.25, 0.3) is 0 Å². The van der Waals surface area contributed by atoms with Crippen LogP contribution in [-0.4, -0.2) is 11.9 Å². The molecule has 0 radical (unpaired) electrons. The molecule has 0 unspecified atom stereocenters. The first-order valence-electron chi connectivity index (χ1n) is 14.4. The largest absolute Gasteiger partial charge is 0.427 e. The highest BCUT2D eigenvalue weighted by Crippen LogP contribution is 2.37. The average molecular weight is 580 g/mol. The lowest BCUT2D eigenvalue weighted by Gasteiger charge is -2.26. The molecular formula is C39H33NO4. The standard InChI is InChI=1S/C39H33NO4/c1-4-38(41)43-35-23-19-33(20-24-35)40(34-21-25-36(26-22-34)44-39(42)28(2)3)32-17-15-29(16-18-32)27-37(30-11-7-5-8-12-30)31-13-9-6-10-14-31/h5-27H,2,4H2,1,3H3. The van der Waals surface area contributed by atoms with E-state index in [9.17, 15) is 9.59 Å². The molecule has 44 heavy (non-hydrogen) atoms. The van der Waals surface area contributed by atoms with Crippen LogP contribution in [-0.2, 0) is 9.59 Å². The highest BCUT2D eigenvalue weighted by Gasteiger charge is 2.15. The smallest absolute Gasteiger partial charge is 0.338 e. The van der Waals surface area contributed by atoms with Gasteiger partial charge < -0.3 is 14.4 Å². The van der Waals surface area contributed by atoms with Crippen LogP contribution >= 0.6 is 0 Å². The SMILES string of the molecule is C=C(C)C(=O)Oc1ccc(N(c2ccc(C=C(c3ccccc3)c3ccccc3)cc2)c2ccc(OC(=O)CC)cc2)cc1. The summed E-state index contributed by atoms with van der Waals surface area (Å²) in [4.78, 5) is 25.9. The Morgan fingerprint density at radius 1 is 0.636 bits per heavy atom. The maximum Gasteiger partial charge on any atom is 0.338 e. The van der Waals surface area contributed by atoms with E-state index in [4.69, 9.17) is 9.47 Å². The van der Waals surface area contributed by atoms with Gasteiger partial charge in [0.15, 0.2) is 0 Å². The molecule has 0 amide bonds. The van der Waals surface area contributed by atoms with Gasteiger partial charge in [0.1, 0.15) is 11.5 Å². The second kappa shape index (κ2) is 14.0. The summed E-state index contributed by atoms with van der Waals surface area (Å²) >= 11 is 0. The summed E-state index contributed by atoms with van der Waals surface area (Å²) < 4.78 is 10.8. The van der Waals surface area contributed by atoms with Gasteiger partial charge in [0, 0.05) is 29.1 Å². The number of benzene rings is 5. The number of nitrogens with zero attached hydrogens (tertiary/aromatic N) is 1. The molecule has 5 heteroatoms. The van der Waals surface area contributed by atoms with E-state index in [-0.39, 0.29) is 5.97 Å². The average Bonchev–Trinajstić information content (AvgIpc) is 3.06. The summed E-state index contributed by atoms with van der Waals surface area (Å²) in [5, 5.41) is 0. The number of esters is 2. The van der Waals surface area contributed by atoms with E-state index in [0.717, 1.165) is 39.3 Å². The molecule has 0 atom stereocenters. The van der Waals surface area contributed by atoms with E-state index in [1.54, 1.807) is 38.1 Å². The van der Waals surface area contributed by atoms with Gasteiger partial charge in [-0.15, -0.1) is 0 Å². The fraction of sp³-hybridized carbons (Fsp3) is 0.0769. The van der Waals surface area contributed by atoms with Gasteiger partial charge >= 0.3 is 11.9 Å². The fourth-order valence-electron chi connectivity index (χ4n) is 4.63. The Labute approximate surface area is 258 Å². The van der Waals surface area contributed by atoms with E-state index in [1.165, 1.54) is 0 Å². The number of hydrogen-bond acceptors (Lipinski definition) is 5. The van der Waals surface area contributed by atoms with Crippen LogP contribution in [0.1, 0.15) is 37.0 Å². The predicted molar refractivity (Wildman–Crippen MR) is 177 cm³/mol. The molecule has 0 saturated carbocycles. The van der Waals surface area contributed by atoms with Gasteiger partial charge in [0.2, 0.25) is 0 Å². The first-order valence-corrected chi connectivity index (χ1v) is 14.4. The number of carbonyl (C=O) groups is 2. The highest BCUT2D eigenvalue weighted by molar-refractivity contribution is 5.92. The van der Waals surface area contributed by atoms with E-state index >= 15 is 0 Å². The van der Waals surface area contributed by atoms with Crippen LogP contribution in [0.15, 0.2) is 146 Å². The first kappa shape index (κ1) is 29.8. The number of rotatable bonds is 10. The molecule has 0 N–H and O–H groups in total. The minimum absolute atomic E-state index is 0.288. The molecule has 5 rings (SSSR count). The molecular weight excluding hydrogens is 546 g/mol. The van der Waals surface area contributed by atoms with Crippen molar-refractivity contribution in [3.63, 3.8) is 0 Å². The van der Waals surface area contributed by atoms with E-state index in [2.05, 4.69) is 66.1 Å². The van der Waals surface area contributed by atoms with Gasteiger partial charge in [-0.2, -0.15) is 0 Å². The Bertz CT molecular complexity index is 1720. The summed E-state index contributed by atoms with van der Waals surface area (Å²) in [6.07, 6.45) is 2.49. The second-order valence-electron chi connectivity index (χ2n) is 10.2. The zero-order valence-electron chi connectivity index (χ0n) is 24.8. The lowest BCUT2D eigenvalue weighted by Crippen LogP contribution is -2.11. The zero-order valence-corrected chi connectivity index (χ0v) is 24.8. The fourth-order valence-corrected chi connectivity index (χ4v) is 4.63. The van der Waals surface area contributed by atoms with Crippen molar-refractivity contribution < 1.29 is 19.1 Å². The number of carbonyl (C=O) groups excluding carboxylic acids is 2. The van der Waals surface area contributed by atoms with E-state index < -0.39 is 5.97 Å². The van der Waals surface area contributed by atoms with Crippen molar-refractivity contribution >= 4 is 40.6 Å². The molecule has 5 nitrogen and oxygen atoms in total. The van der Waals surface area contributed by atoms with Gasteiger partial charge in [-0.05, 0) is 95.9 Å². The normalized spacial score (nSPS) is 10.4. The number of ether oxygens (including phenoxy) is 2. The van der Waals surface area contributed by atoms with Crippen LogP contribution < -0.4 is 14.4 Å². The quantitative estimate of drug-likeness (QED) is 0.0714. The molecule has 5 aromatic rings. The maximum atomic E-state index is 12.0. The van der Waals surface area contributed by atoms with E-state index in [0.29, 0.717) is 23.5 Å². The molecule has 218 valence electrons. The molecule has 0 heterocycles.